The molecule has 3 heterocycles. The third-order valence-electron chi connectivity index (χ3n) is 6.33. The molecule has 0 aliphatic carbocycles. The zero-order valence-electron chi connectivity index (χ0n) is 19.4. The van der Waals surface area contributed by atoms with E-state index in [2.05, 4.69) is 11.0 Å². The zero-order chi connectivity index (χ0) is 23.4. The van der Waals surface area contributed by atoms with E-state index in [0.29, 0.717) is 21.3 Å². The first kappa shape index (κ1) is 24.5. The lowest BCUT2D eigenvalue weighted by Gasteiger charge is -2.29. The standard InChI is InChI=1S/C24H32N4O2S2/c1-5-11-27-21(26-12-9-7-8-10-13-26)18(17(4)19(15-25)22(27)29)14-20-23(30)28(16(3)6-2)24(31)32-20/h14,16H,5-13H2,1-4H3/b20-14-. The maximum atomic E-state index is 13.2. The highest BCUT2D eigenvalue weighted by Crippen LogP contribution is 2.37. The number of thiocarbonyl (C=S) groups is 1. The Morgan fingerprint density at radius 2 is 1.84 bits per heavy atom. The van der Waals surface area contributed by atoms with Crippen molar-refractivity contribution < 1.29 is 4.79 Å². The fraction of sp³-hybridized carbons (Fsp3) is 0.583. The highest BCUT2D eigenvalue weighted by Gasteiger charge is 2.35. The molecule has 1 atom stereocenters. The summed E-state index contributed by atoms with van der Waals surface area (Å²) in [7, 11) is 0. The Morgan fingerprint density at radius 1 is 1.19 bits per heavy atom. The van der Waals surface area contributed by atoms with Crippen molar-refractivity contribution in [2.45, 2.75) is 78.8 Å². The van der Waals surface area contributed by atoms with Gasteiger partial charge in [-0.15, -0.1) is 0 Å². The van der Waals surface area contributed by atoms with E-state index < -0.39 is 0 Å². The van der Waals surface area contributed by atoms with Gasteiger partial charge in [0.25, 0.3) is 11.5 Å². The summed E-state index contributed by atoms with van der Waals surface area (Å²) in [5.74, 6) is 0.742. The summed E-state index contributed by atoms with van der Waals surface area (Å²) in [6.45, 7) is 10.1. The Bertz CT molecular complexity index is 1030. The van der Waals surface area contributed by atoms with Gasteiger partial charge in [-0.1, -0.05) is 50.7 Å². The first-order chi connectivity index (χ1) is 15.3. The van der Waals surface area contributed by atoms with Crippen LogP contribution in [0.15, 0.2) is 9.70 Å². The first-order valence-corrected chi connectivity index (χ1v) is 12.8. The van der Waals surface area contributed by atoms with Gasteiger partial charge in [-0.2, -0.15) is 5.26 Å². The molecule has 0 aromatic carbocycles. The van der Waals surface area contributed by atoms with Crippen LogP contribution in [0.1, 0.15) is 76.0 Å². The number of hydrogen-bond acceptors (Lipinski definition) is 6. The molecule has 1 aromatic rings. The molecule has 2 aliphatic rings. The van der Waals surface area contributed by atoms with E-state index in [-0.39, 0.29) is 23.1 Å². The number of amides is 1. The fourth-order valence-corrected chi connectivity index (χ4v) is 5.82. The van der Waals surface area contributed by atoms with Gasteiger partial charge in [0, 0.05) is 31.2 Å². The lowest BCUT2D eigenvalue weighted by Crippen LogP contribution is -2.36. The minimum atomic E-state index is -0.240. The van der Waals surface area contributed by atoms with Crippen molar-refractivity contribution in [1.82, 2.24) is 9.47 Å². The summed E-state index contributed by atoms with van der Waals surface area (Å²) >= 11 is 6.81. The van der Waals surface area contributed by atoms with Crippen LogP contribution in [0.5, 0.6) is 0 Å². The smallest absolute Gasteiger partial charge is 0.270 e. The molecule has 0 saturated carbocycles. The van der Waals surface area contributed by atoms with Crippen molar-refractivity contribution >= 4 is 46.1 Å². The third kappa shape index (κ3) is 4.65. The van der Waals surface area contributed by atoms with Gasteiger partial charge >= 0.3 is 0 Å². The number of pyridine rings is 1. The van der Waals surface area contributed by atoms with Gasteiger partial charge in [-0.25, -0.2) is 0 Å². The van der Waals surface area contributed by atoms with E-state index in [0.717, 1.165) is 50.2 Å². The van der Waals surface area contributed by atoms with Gasteiger partial charge < -0.3 is 4.90 Å². The van der Waals surface area contributed by atoms with Crippen molar-refractivity contribution in [2.75, 3.05) is 18.0 Å². The zero-order valence-corrected chi connectivity index (χ0v) is 21.1. The van der Waals surface area contributed by atoms with E-state index in [9.17, 15) is 14.9 Å². The Labute approximate surface area is 200 Å². The maximum absolute atomic E-state index is 13.2. The van der Waals surface area contributed by atoms with Crippen LogP contribution in [0.25, 0.3) is 6.08 Å². The van der Waals surface area contributed by atoms with Gasteiger partial charge in [0.15, 0.2) is 0 Å². The molecule has 2 saturated heterocycles. The molecule has 2 aliphatic heterocycles. The predicted octanol–water partition coefficient (Wildman–Crippen LogP) is 4.82. The molecule has 2 fully saturated rings. The summed E-state index contributed by atoms with van der Waals surface area (Å²) in [6, 6.07) is 2.15. The van der Waals surface area contributed by atoms with Crippen LogP contribution in [-0.2, 0) is 11.3 Å². The molecule has 3 rings (SSSR count). The van der Waals surface area contributed by atoms with Crippen LogP contribution in [0.3, 0.4) is 0 Å². The molecule has 8 heteroatoms. The van der Waals surface area contributed by atoms with Gasteiger partial charge in [0.05, 0.1) is 4.91 Å². The fourth-order valence-electron chi connectivity index (χ4n) is 4.37. The predicted molar refractivity (Wildman–Crippen MR) is 136 cm³/mol. The van der Waals surface area contributed by atoms with Gasteiger partial charge in [-0.05, 0) is 51.2 Å². The minimum absolute atomic E-state index is 0.0308. The highest BCUT2D eigenvalue weighted by atomic mass is 32.2. The lowest BCUT2D eigenvalue weighted by molar-refractivity contribution is -0.123. The maximum Gasteiger partial charge on any atom is 0.270 e. The van der Waals surface area contributed by atoms with Gasteiger partial charge in [0.1, 0.15) is 21.8 Å². The molecule has 0 bridgehead atoms. The van der Waals surface area contributed by atoms with Gasteiger partial charge in [0.2, 0.25) is 0 Å². The SMILES string of the molecule is CCCn1c(N2CCCCCC2)c(/C=C2\SC(=S)N(C(C)CC)C2=O)c(C)c(C#N)c1=O. The molecule has 1 aromatic heterocycles. The van der Waals surface area contributed by atoms with E-state index in [1.54, 1.807) is 9.47 Å². The Balaban J connectivity index is 2.24. The number of aromatic nitrogens is 1. The van der Waals surface area contributed by atoms with Crippen LogP contribution in [-0.4, -0.2) is 38.8 Å². The molecule has 6 nitrogen and oxygen atoms in total. The number of hydrogen-bond donors (Lipinski definition) is 0. The highest BCUT2D eigenvalue weighted by molar-refractivity contribution is 8.26. The number of anilines is 1. The summed E-state index contributed by atoms with van der Waals surface area (Å²) in [4.78, 5) is 31.0. The second-order valence-electron chi connectivity index (χ2n) is 8.52. The van der Waals surface area contributed by atoms with E-state index in [4.69, 9.17) is 12.2 Å². The molecule has 1 unspecified atom stereocenters. The van der Waals surface area contributed by atoms with Crippen LogP contribution in [0.2, 0.25) is 0 Å². The van der Waals surface area contributed by atoms with E-state index >= 15 is 0 Å². The topological polar surface area (TPSA) is 69.3 Å². The first-order valence-electron chi connectivity index (χ1n) is 11.5. The van der Waals surface area contributed by atoms with E-state index in [1.807, 2.05) is 33.8 Å². The summed E-state index contributed by atoms with van der Waals surface area (Å²) in [5, 5.41) is 9.77. The minimum Gasteiger partial charge on any atom is -0.357 e. The molecule has 0 spiro atoms. The normalized spacial score (nSPS) is 19.4. The molecule has 0 N–H and O–H groups in total. The lowest BCUT2D eigenvalue weighted by atomic mass is 10.0. The van der Waals surface area contributed by atoms with Crippen LogP contribution < -0.4 is 10.5 Å². The Hall–Kier alpha value is -2.11. The van der Waals surface area contributed by atoms with Crippen molar-refractivity contribution in [3.63, 3.8) is 0 Å². The second-order valence-corrected chi connectivity index (χ2v) is 10.2. The van der Waals surface area contributed by atoms with Crippen LogP contribution >= 0.6 is 24.0 Å². The average molecular weight is 473 g/mol. The number of nitriles is 1. The molecular weight excluding hydrogens is 440 g/mol. The number of rotatable bonds is 6. The molecular formula is C24H32N4O2S2. The summed E-state index contributed by atoms with van der Waals surface area (Å²) < 4.78 is 2.31. The number of nitrogens with zero attached hydrogens (tertiary/aromatic N) is 4. The van der Waals surface area contributed by atoms with Crippen molar-refractivity contribution in [1.29, 1.82) is 5.26 Å². The monoisotopic (exact) mass is 472 g/mol. The van der Waals surface area contributed by atoms with Crippen molar-refractivity contribution in [3.05, 3.63) is 31.9 Å². The molecule has 172 valence electrons. The van der Waals surface area contributed by atoms with Crippen LogP contribution in [0.4, 0.5) is 5.82 Å². The second kappa shape index (κ2) is 10.7. The number of carbonyl (C=O) groups is 1. The molecule has 1 amide bonds. The summed E-state index contributed by atoms with van der Waals surface area (Å²) in [6.07, 6.45) is 7.94. The van der Waals surface area contributed by atoms with Gasteiger partial charge in [-0.3, -0.25) is 19.1 Å². The molecule has 0 radical (unpaired) electrons. The number of carbonyl (C=O) groups excluding carboxylic acids is 1. The largest absolute Gasteiger partial charge is 0.357 e. The number of thioether (sulfide) groups is 1. The third-order valence-corrected chi connectivity index (χ3v) is 7.66. The van der Waals surface area contributed by atoms with Crippen molar-refractivity contribution in [3.8, 4) is 6.07 Å². The van der Waals surface area contributed by atoms with Crippen molar-refractivity contribution in [2.24, 2.45) is 0 Å². The quantitative estimate of drug-likeness (QED) is 0.437. The van der Waals surface area contributed by atoms with Crippen LogP contribution in [0, 0.1) is 18.3 Å². The van der Waals surface area contributed by atoms with E-state index in [1.165, 1.54) is 24.6 Å². The Kier molecular flexibility index (Phi) is 8.18. The molecule has 32 heavy (non-hydrogen) atoms. The summed E-state index contributed by atoms with van der Waals surface area (Å²) in [5.41, 5.74) is 1.34. The average Bonchev–Trinajstić information content (AvgIpc) is 2.93. The Morgan fingerprint density at radius 3 is 2.41 bits per heavy atom.